The van der Waals surface area contributed by atoms with Gasteiger partial charge in [0.15, 0.2) is 0 Å². The van der Waals surface area contributed by atoms with Crippen LogP contribution in [0.15, 0.2) is 59.1 Å². The number of nitrogens with one attached hydrogen (secondary N) is 1. The third-order valence-corrected chi connectivity index (χ3v) is 6.53. The lowest BCUT2D eigenvalue weighted by molar-refractivity contribution is -0.126. The van der Waals surface area contributed by atoms with Crippen molar-refractivity contribution in [1.82, 2.24) is 10.2 Å². The van der Waals surface area contributed by atoms with Gasteiger partial charge in [0.05, 0.1) is 0 Å². The molecule has 1 aliphatic rings. The summed E-state index contributed by atoms with van der Waals surface area (Å²) in [6, 6.07) is 17.5. The van der Waals surface area contributed by atoms with Crippen LogP contribution < -0.4 is 5.32 Å². The van der Waals surface area contributed by atoms with Crippen LogP contribution in [0.3, 0.4) is 0 Å². The number of halogens is 1. The fourth-order valence-electron chi connectivity index (χ4n) is 3.42. The maximum atomic E-state index is 12.9. The van der Waals surface area contributed by atoms with Crippen molar-refractivity contribution < 1.29 is 9.00 Å². The van der Waals surface area contributed by atoms with Gasteiger partial charge in [0.1, 0.15) is 6.04 Å². The van der Waals surface area contributed by atoms with Crippen molar-refractivity contribution >= 4 is 32.6 Å². The molecule has 0 unspecified atom stereocenters. The highest BCUT2D eigenvalue weighted by atomic mass is 79.9. The number of benzene rings is 2. The van der Waals surface area contributed by atoms with E-state index in [-0.39, 0.29) is 11.9 Å². The number of carbonyl (C=O) groups is 1. The quantitative estimate of drug-likeness (QED) is 0.670. The molecular weight excluding hydrogens is 424 g/mol. The summed E-state index contributed by atoms with van der Waals surface area (Å²) in [6.07, 6.45) is 2.25. The van der Waals surface area contributed by atoms with Crippen LogP contribution in [0.2, 0.25) is 0 Å². The molecular formula is C21H25BrN2O2S. The maximum absolute atomic E-state index is 12.9. The van der Waals surface area contributed by atoms with Crippen LogP contribution in [0, 0.1) is 0 Å². The summed E-state index contributed by atoms with van der Waals surface area (Å²) < 4.78 is 13.3. The zero-order valence-electron chi connectivity index (χ0n) is 15.3. The van der Waals surface area contributed by atoms with E-state index in [9.17, 15) is 9.00 Å². The molecule has 0 saturated carbocycles. The summed E-state index contributed by atoms with van der Waals surface area (Å²) in [5.41, 5.74) is 2.06. The Morgan fingerprint density at radius 1 is 1.11 bits per heavy atom. The van der Waals surface area contributed by atoms with Gasteiger partial charge in [0.25, 0.3) is 0 Å². The number of likely N-dealkylation sites (tertiary alicyclic amines) is 1. The van der Waals surface area contributed by atoms with Gasteiger partial charge in [-0.3, -0.25) is 13.9 Å². The first-order valence-corrected chi connectivity index (χ1v) is 11.6. The zero-order chi connectivity index (χ0) is 19.1. The number of hydrogen-bond donors (Lipinski definition) is 1. The van der Waals surface area contributed by atoms with E-state index < -0.39 is 10.8 Å². The molecule has 27 heavy (non-hydrogen) atoms. The first-order valence-electron chi connectivity index (χ1n) is 9.29. The third kappa shape index (κ3) is 5.99. The van der Waals surface area contributed by atoms with E-state index in [1.54, 1.807) is 0 Å². The van der Waals surface area contributed by atoms with Crippen molar-refractivity contribution in [1.29, 1.82) is 0 Å². The number of hydrogen-bond acceptors (Lipinski definition) is 3. The Labute approximate surface area is 171 Å². The molecule has 144 valence electrons. The smallest absolute Gasteiger partial charge is 0.241 e. The summed E-state index contributed by atoms with van der Waals surface area (Å²) in [5.74, 6) is 0.982. The summed E-state index contributed by atoms with van der Waals surface area (Å²) in [4.78, 5) is 15.1. The minimum Gasteiger partial charge on any atom is -0.354 e. The molecule has 1 heterocycles. The van der Waals surface area contributed by atoms with Crippen LogP contribution in [-0.2, 0) is 21.3 Å². The van der Waals surface area contributed by atoms with Gasteiger partial charge in [0, 0.05) is 33.3 Å². The first kappa shape index (κ1) is 20.2. The molecule has 0 spiro atoms. The average molecular weight is 449 g/mol. The number of nitrogens with zero attached hydrogens (tertiary/aromatic N) is 1. The fraction of sp³-hybridized carbons (Fsp3) is 0.381. The second kappa shape index (κ2) is 10.2. The molecule has 1 saturated heterocycles. The highest BCUT2D eigenvalue weighted by Gasteiger charge is 2.29. The average Bonchev–Trinajstić information content (AvgIpc) is 3.17. The van der Waals surface area contributed by atoms with Crippen LogP contribution in [0.5, 0.6) is 0 Å². The van der Waals surface area contributed by atoms with Crippen molar-refractivity contribution in [3.05, 3.63) is 70.2 Å². The van der Waals surface area contributed by atoms with Crippen molar-refractivity contribution in [2.75, 3.05) is 25.4 Å². The molecule has 6 heteroatoms. The second-order valence-corrected chi connectivity index (χ2v) is 9.26. The third-order valence-electron chi connectivity index (χ3n) is 4.72. The lowest BCUT2D eigenvalue weighted by Crippen LogP contribution is -2.40. The van der Waals surface area contributed by atoms with Crippen LogP contribution in [0.1, 0.15) is 30.0 Å². The van der Waals surface area contributed by atoms with Crippen LogP contribution in [0.4, 0.5) is 0 Å². The van der Waals surface area contributed by atoms with Gasteiger partial charge >= 0.3 is 0 Å². The SMILES string of the molecule is O=C(NCC[S@@](=O)Cc1ccccc1)[C@@H](c1cccc(Br)c1)N1CCCC1. The zero-order valence-corrected chi connectivity index (χ0v) is 17.7. The van der Waals surface area contributed by atoms with Gasteiger partial charge in [-0.25, -0.2) is 0 Å². The van der Waals surface area contributed by atoms with E-state index in [0.29, 0.717) is 18.1 Å². The minimum atomic E-state index is -0.987. The second-order valence-electron chi connectivity index (χ2n) is 6.77. The number of rotatable bonds is 8. The van der Waals surface area contributed by atoms with Crippen LogP contribution in [-0.4, -0.2) is 40.4 Å². The largest absolute Gasteiger partial charge is 0.354 e. The summed E-state index contributed by atoms with van der Waals surface area (Å²) >= 11 is 3.50. The molecule has 2 aromatic rings. The Kier molecular flexibility index (Phi) is 7.61. The molecule has 0 bridgehead atoms. The normalized spacial score (nSPS) is 16.8. The minimum absolute atomic E-state index is 0.00767. The van der Waals surface area contributed by atoms with Crippen LogP contribution >= 0.6 is 15.9 Å². The van der Waals surface area contributed by atoms with Gasteiger partial charge < -0.3 is 5.32 Å². The molecule has 4 nitrogen and oxygen atoms in total. The molecule has 1 N–H and O–H groups in total. The topological polar surface area (TPSA) is 49.4 Å². The Bertz CT molecular complexity index is 779. The van der Waals surface area contributed by atoms with Gasteiger partial charge in [-0.05, 0) is 49.2 Å². The van der Waals surface area contributed by atoms with E-state index >= 15 is 0 Å². The lowest BCUT2D eigenvalue weighted by Gasteiger charge is -2.27. The Balaban J connectivity index is 1.57. The molecule has 0 aliphatic carbocycles. The molecule has 1 aliphatic heterocycles. The van der Waals surface area contributed by atoms with E-state index in [4.69, 9.17) is 0 Å². The Hall–Kier alpha value is -1.50. The van der Waals surface area contributed by atoms with Crippen molar-refractivity contribution in [2.45, 2.75) is 24.6 Å². The molecule has 2 atom stereocenters. The van der Waals surface area contributed by atoms with Crippen molar-refractivity contribution in [3.8, 4) is 0 Å². The summed E-state index contributed by atoms with van der Waals surface area (Å²) in [7, 11) is -0.987. The highest BCUT2D eigenvalue weighted by Crippen LogP contribution is 2.27. The van der Waals surface area contributed by atoms with Crippen molar-refractivity contribution in [2.24, 2.45) is 0 Å². The first-order chi connectivity index (χ1) is 13.1. The summed E-state index contributed by atoms with van der Waals surface area (Å²) in [6.45, 7) is 2.30. The molecule has 3 rings (SSSR count). The number of carbonyl (C=O) groups excluding carboxylic acids is 1. The molecule has 1 fully saturated rings. The fourth-order valence-corrected chi connectivity index (χ4v) is 4.88. The van der Waals surface area contributed by atoms with Gasteiger partial charge in [-0.2, -0.15) is 0 Å². The predicted molar refractivity (Wildman–Crippen MR) is 114 cm³/mol. The van der Waals surface area contributed by atoms with Gasteiger partial charge in [-0.1, -0.05) is 58.4 Å². The van der Waals surface area contributed by atoms with Gasteiger partial charge in [-0.15, -0.1) is 0 Å². The van der Waals surface area contributed by atoms with E-state index in [2.05, 4.69) is 26.1 Å². The molecule has 0 radical (unpaired) electrons. The lowest BCUT2D eigenvalue weighted by atomic mass is 10.0. The predicted octanol–water partition coefficient (Wildman–Crippen LogP) is 3.65. The van der Waals surface area contributed by atoms with E-state index in [1.807, 2.05) is 54.6 Å². The Morgan fingerprint density at radius 2 is 1.85 bits per heavy atom. The standard InChI is InChI=1S/C21H25BrN2O2S/c22-19-10-6-9-18(15-19)20(24-12-4-5-13-24)21(25)23-11-14-27(26)16-17-7-2-1-3-8-17/h1-3,6-10,15,20H,4-5,11-14,16H2,(H,23,25)/t20-,27-/m1/s1. The van der Waals surface area contributed by atoms with Crippen LogP contribution in [0.25, 0.3) is 0 Å². The summed E-state index contributed by atoms with van der Waals surface area (Å²) in [5, 5.41) is 3.01. The molecule has 2 aromatic carbocycles. The molecule has 1 amide bonds. The maximum Gasteiger partial charge on any atom is 0.241 e. The van der Waals surface area contributed by atoms with Crippen molar-refractivity contribution in [3.63, 3.8) is 0 Å². The van der Waals surface area contributed by atoms with Gasteiger partial charge in [0.2, 0.25) is 5.91 Å². The monoisotopic (exact) mass is 448 g/mol. The highest BCUT2D eigenvalue weighted by molar-refractivity contribution is 9.10. The number of amides is 1. The molecule has 0 aromatic heterocycles. The van der Waals surface area contributed by atoms with E-state index in [0.717, 1.165) is 41.5 Å². The van der Waals surface area contributed by atoms with E-state index in [1.165, 1.54) is 0 Å². The Morgan fingerprint density at radius 3 is 2.56 bits per heavy atom.